The van der Waals surface area contributed by atoms with Crippen LogP contribution in [-0.2, 0) is 10.5 Å². The van der Waals surface area contributed by atoms with Gasteiger partial charge in [-0.25, -0.2) is 5.43 Å². The van der Waals surface area contributed by atoms with E-state index in [1.807, 2.05) is 49.4 Å². The van der Waals surface area contributed by atoms with Crippen molar-refractivity contribution in [3.05, 3.63) is 105 Å². The summed E-state index contributed by atoms with van der Waals surface area (Å²) in [6, 6.07) is 19.6. The van der Waals surface area contributed by atoms with Crippen LogP contribution in [0.5, 0.6) is 5.75 Å². The maximum atomic E-state index is 12.9. The van der Waals surface area contributed by atoms with Gasteiger partial charge in [0.15, 0.2) is 0 Å². The fourth-order valence-corrected chi connectivity index (χ4v) is 4.21. The monoisotopic (exact) mass is 506 g/mol. The number of benzene rings is 3. The summed E-state index contributed by atoms with van der Waals surface area (Å²) in [5, 5.41) is 17.6. The third-order valence-corrected chi connectivity index (χ3v) is 6.29. The zero-order chi connectivity index (χ0) is 25.9. The summed E-state index contributed by atoms with van der Waals surface area (Å²) >= 11 is 1.49. The lowest BCUT2D eigenvalue weighted by Crippen LogP contribution is -2.47. The zero-order valence-electron chi connectivity index (χ0n) is 19.8. The van der Waals surface area contributed by atoms with E-state index in [0.29, 0.717) is 17.3 Å². The average Bonchev–Trinajstić information content (AvgIpc) is 2.89. The zero-order valence-corrected chi connectivity index (χ0v) is 20.7. The van der Waals surface area contributed by atoms with Crippen LogP contribution in [-0.4, -0.2) is 41.9 Å². The van der Waals surface area contributed by atoms with Crippen molar-refractivity contribution in [3.8, 4) is 5.75 Å². The first-order chi connectivity index (χ1) is 17.4. The van der Waals surface area contributed by atoms with Crippen molar-refractivity contribution >= 4 is 35.5 Å². The number of hydrazone groups is 1. The minimum absolute atomic E-state index is 0.124. The van der Waals surface area contributed by atoms with E-state index in [1.54, 1.807) is 13.2 Å². The number of nitrogens with one attached hydrogen (secondary N) is 2. The van der Waals surface area contributed by atoms with Crippen LogP contribution in [0.2, 0.25) is 0 Å². The standard InChI is InChI=1S/C26H26N4O5S/c1-18-8-9-20(14-24(18)35-2)15-27-29-26(32)23(17-36-16-19-6-4-3-5-7-19)28-25(31)21-10-12-22(13-11-21)30(33)34/h3-15,23H,16-17H2,1-2H3,(H,28,31)(H,29,32)/b27-15-/t23-/m0/s1. The van der Waals surface area contributed by atoms with Gasteiger partial charge in [0.25, 0.3) is 17.5 Å². The number of rotatable bonds is 11. The Kier molecular flexibility index (Phi) is 9.58. The number of ether oxygens (including phenoxy) is 1. The van der Waals surface area contributed by atoms with E-state index in [-0.39, 0.29) is 11.3 Å². The number of carbonyl (C=O) groups is 2. The minimum atomic E-state index is -0.883. The third kappa shape index (κ3) is 7.67. The van der Waals surface area contributed by atoms with Crippen LogP contribution in [0.3, 0.4) is 0 Å². The van der Waals surface area contributed by atoms with Crippen molar-refractivity contribution in [1.29, 1.82) is 0 Å². The Morgan fingerprint density at radius 1 is 1.11 bits per heavy atom. The Balaban J connectivity index is 1.67. The molecule has 0 aliphatic rings. The highest BCUT2D eigenvalue weighted by molar-refractivity contribution is 7.98. The van der Waals surface area contributed by atoms with Gasteiger partial charge < -0.3 is 10.1 Å². The first-order valence-electron chi connectivity index (χ1n) is 11.0. The van der Waals surface area contributed by atoms with Crippen molar-refractivity contribution in [3.63, 3.8) is 0 Å². The van der Waals surface area contributed by atoms with Crippen molar-refractivity contribution in [2.45, 2.75) is 18.7 Å². The number of aryl methyl sites for hydroxylation is 1. The smallest absolute Gasteiger partial charge is 0.269 e. The second kappa shape index (κ2) is 13.1. The van der Waals surface area contributed by atoms with E-state index in [0.717, 1.165) is 16.7 Å². The molecule has 3 aromatic carbocycles. The van der Waals surface area contributed by atoms with Crippen molar-refractivity contribution in [2.75, 3.05) is 12.9 Å². The molecule has 3 rings (SSSR count). The molecule has 0 saturated carbocycles. The molecule has 1 atom stereocenters. The van der Waals surface area contributed by atoms with Crippen LogP contribution in [0.4, 0.5) is 5.69 Å². The lowest BCUT2D eigenvalue weighted by Gasteiger charge is -2.17. The van der Waals surface area contributed by atoms with E-state index in [2.05, 4.69) is 15.8 Å². The summed E-state index contributed by atoms with van der Waals surface area (Å²) in [4.78, 5) is 36.0. The van der Waals surface area contributed by atoms with Gasteiger partial charge in [0.1, 0.15) is 11.8 Å². The van der Waals surface area contributed by atoms with Crippen molar-refractivity contribution in [2.24, 2.45) is 5.10 Å². The summed E-state index contributed by atoms with van der Waals surface area (Å²) < 4.78 is 5.30. The van der Waals surface area contributed by atoms with Gasteiger partial charge in [-0.05, 0) is 41.8 Å². The predicted molar refractivity (Wildman–Crippen MR) is 140 cm³/mol. The molecule has 0 heterocycles. The maximum Gasteiger partial charge on any atom is 0.269 e. The van der Waals surface area contributed by atoms with E-state index in [1.165, 1.54) is 42.2 Å². The first-order valence-corrected chi connectivity index (χ1v) is 12.2. The van der Waals surface area contributed by atoms with E-state index in [4.69, 9.17) is 4.74 Å². The molecule has 0 spiro atoms. The highest BCUT2D eigenvalue weighted by atomic mass is 32.2. The van der Waals surface area contributed by atoms with Crippen LogP contribution >= 0.6 is 11.8 Å². The van der Waals surface area contributed by atoms with Crippen molar-refractivity contribution in [1.82, 2.24) is 10.7 Å². The van der Waals surface area contributed by atoms with Crippen LogP contribution in [0.15, 0.2) is 77.9 Å². The number of nitro benzene ring substituents is 1. The van der Waals surface area contributed by atoms with E-state index in [9.17, 15) is 19.7 Å². The lowest BCUT2D eigenvalue weighted by molar-refractivity contribution is -0.384. The molecule has 0 bridgehead atoms. The normalized spacial score (nSPS) is 11.6. The number of nitrogens with zero attached hydrogens (tertiary/aromatic N) is 2. The highest BCUT2D eigenvalue weighted by Crippen LogP contribution is 2.18. The van der Waals surface area contributed by atoms with Gasteiger partial charge in [-0.15, -0.1) is 0 Å². The predicted octanol–water partition coefficient (Wildman–Crippen LogP) is 4.09. The first kappa shape index (κ1) is 26.4. The highest BCUT2D eigenvalue weighted by Gasteiger charge is 2.22. The van der Waals surface area contributed by atoms with Crippen LogP contribution in [0.1, 0.15) is 27.0 Å². The number of hydrogen-bond acceptors (Lipinski definition) is 7. The molecule has 0 aliphatic carbocycles. The molecule has 2 N–H and O–H groups in total. The molecular formula is C26H26N4O5S. The second-order valence-corrected chi connectivity index (χ2v) is 8.82. The van der Waals surface area contributed by atoms with Gasteiger partial charge >= 0.3 is 0 Å². The van der Waals surface area contributed by atoms with Gasteiger partial charge in [0, 0.05) is 29.2 Å². The number of amides is 2. The summed E-state index contributed by atoms with van der Waals surface area (Å²) in [6.45, 7) is 1.92. The summed E-state index contributed by atoms with van der Waals surface area (Å²) in [6.07, 6.45) is 1.49. The fraction of sp³-hybridized carbons (Fsp3) is 0.192. The lowest BCUT2D eigenvalue weighted by atomic mass is 10.1. The Bertz CT molecular complexity index is 1230. The molecule has 3 aromatic rings. The molecule has 0 fully saturated rings. The Morgan fingerprint density at radius 3 is 2.50 bits per heavy atom. The van der Waals surface area contributed by atoms with Crippen LogP contribution in [0.25, 0.3) is 0 Å². The van der Waals surface area contributed by atoms with Gasteiger partial charge in [-0.2, -0.15) is 16.9 Å². The van der Waals surface area contributed by atoms with Crippen molar-refractivity contribution < 1.29 is 19.2 Å². The number of carbonyl (C=O) groups excluding carboxylic acids is 2. The molecule has 36 heavy (non-hydrogen) atoms. The number of hydrogen-bond donors (Lipinski definition) is 2. The fourth-order valence-electron chi connectivity index (χ4n) is 3.19. The Hall–Kier alpha value is -4.18. The molecule has 2 amide bonds. The van der Waals surface area contributed by atoms with Gasteiger partial charge in [-0.3, -0.25) is 19.7 Å². The van der Waals surface area contributed by atoms with Gasteiger partial charge in [0.2, 0.25) is 0 Å². The molecule has 186 valence electrons. The topological polar surface area (TPSA) is 123 Å². The van der Waals surface area contributed by atoms with Crippen LogP contribution in [0, 0.1) is 17.0 Å². The minimum Gasteiger partial charge on any atom is -0.496 e. The quantitative estimate of drug-likeness (QED) is 0.229. The molecular weight excluding hydrogens is 480 g/mol. The Morgan fingerprint density at radius 2 is 1.83 bits per heavy atom. The van der Waals surface area contributed by atoms with Gasteiger partial charge in [-0.1, -0.05) is 42.5 Å². The van der Waals surface area contributed by atoms with E-state index >= 15 is 0 Å². The number of methoxy groups -OCH3 is 1. The van der Waals surface area contributed by atoms with Gasteiger partial charge in [0.05, 0.1) is 18.2 Å². The number of non-ortho nitro benzene ring substituents is 1. The molecule has 10 heteroatoms. The average molecular weight is 507 g/mol. The molecule has 9 nitrogen and oxygen atoms in total. The molecule has 0 saturated heterocycles. The van der Waals surface area contributed by atoms with E-state index < -0.39 is 22.8 Å². The maximum absolute atomic E-state index is 12.9. The molecule has 0 unspecified atom stereocenters. The third-order valence-electron chi connectivity index (χ3n) is 5.18. The van der Waals surface area contributed by atoms with Crippen LogP contribution < -0.4 is 15.5 Å². The summed E-state index contributed by atoms with van der Waals surface area (Å²) in [5.74, 6) is 0.659. The molecule has 0 radical (unpaired) electrons. The number of thioether (sulfide) groups is 1. The second-order valence-electron chi connectivity index (χ2n) is 7.79. The summed E-state index contributed by atoms with van der Waals surface area (Å²) in [5.41, 5.74) is 5.38. The largest absolute Gasteiger partial charge is 0.496 e. The Labute approximate surface area is 213 Å². The summed E-state index contributed by atoms with van der Waals surface area (Å²) in [7, 11) is 1.58. The molecule has 0 aliphatic heterocycles. The SMILES string of the molecule is COc1cc(/C=N\NC(=O)[C@H](CSCc2ccccc2)NC(=O)c2ccc([N+](=O)[O-])cc2)ccc1C. The molecule has 0 aromatic heterocycles. The number of nitro groups is 1.